The Morgan fingerprint density at radius 3 is 2.56 bits per heavy atom. The minimum atomic E-state index is -0.579. The van der Waals surface area contributed by atoms with Gasteiger partial charge in [-0.1, -0.05) is 13.0 Å². The highest BCUT2D eigenvalue weighted by atomic mass is 32.2. The van der Waals surface area contributed by atoms with Gasteiger partial charge in [0.05, 0.1) is 19.8 Å². The van der Waals surface area contributed by atoms with Gasteiger partial charge >= 0.3 is 0 Å². The van der Waals surface area contributed by atoms with Crippen LogP contribution in [0.15, 0.2) is 23.1 Å². The maximum atomic E-state index is 9.75. The van der Waals surface area contributed by atoms with Gasteiger partial charge in [-0.2, -0.15) is 0 Å². The SMILES string of the molecule is COc1cccc(SC(C)CO)c1C(C)O. The highest BCUT2D eigenvalue weighted by molar-refractivity contribution is 8.00. The van der Waals surface area contributed by atoms with Crippen LogP contribution in [0, 0.1) is 0 Å². The quantitative estimate of drug-likeness (QED) is 0.777. The van der Waals surface area contributed by atoms with Gasteiger partial charge in [-0.15, -0.1) is 11.8 Å². The maximum absolute atomic E-state index is 9.75. The molecule has 1 aromatic carbocycles. The molecule has 0 aliphatic rings. The van der Waals surface area contributed by atoms with Gasteiger partial charge in [0.1, 0.15) is 5.75 Å². The first kappa shape index (κ1) is 13.4. The smallest absolute Gasteiger partial charge is 0.125 e. The Bertz CT molecular complexity index is 339. The Kier molecular flexibility index (Phi) is 5.12. The molecule has 90 valence electrons. The fourth-order valence-corrected chi connectivity index (χ4v) is 2.53. The number of benzene rings is 1. The summed E-state index contributed by atoms with van der Waals surface area (Å²) in [4.78, 5) is 0.955. The maximum Gasteiger partial charge on any atom is 0.125 e. The van der Waals surface area contributed by atoms with E-state index in [2.05, 4.69) is 0 Å². The fourth-order valence-electron chi connectivity index (χ4n) is 1.47. The summed E-state index contributed by atoms with van der Waals surface area (Å²) in [5.74, 6) is 0.685. The van der Waals surface area contributed by atoms with E-state index in [4.69, 9.17) is 9.84 Å². The summed E-state index contributed by atoms with van der Waals surface area (Å²) in [7, 11) is 1.59. The summed E-state index contributed by atoms with van der Waals surface area (Å²) in [6.45, 7) is 3.77. The van der Waals surface area contributed by atoms with Crippen LogP contribution in [0.2, 0.25) is 0 Å². The van der Waals surface area contributed by atoms with Crippen molar-refractivity contribution < 1.29 is 14.9 Å². The van der Waals surface area contributed by atoms with E-state index in [-0.39, 0.29) is 11.9 Å². The van der Waals surface area contributed by atoms with Gasteiger partial charge in [-0.3, -0.25) is 0 Å². The van der Waals surface area contributed by atoms with E-state index in [0.29, 0.717) is 5.75 Å². The van der Waals surface area contributed by atoms with E-state index in [0.717, 1.165) is 10.5 Å². The van der Waals surface area contributed by atoms with Gasteiger partial charge in [-0.05, 0) is 19.1 Å². The first-order valence-corrected chi connectivity index (χ1v) is 6.10. The number of methoxy groups -OCH3 is 1. The zero-order chi connectivity index (χ0) is 12.1. The topological polar surface area (TPSA) is 49.7 Å². The molecule has 1 aromatic rings. The summed E-state index contributed by atoms with van der Waals surface area (Å²) in [5.41, 5.74) is 0.787. The van der Waals surface area contributed by atoms with E-state index in [9.17, 15) is 5.11 Å². The molecule has 0 fully saturated rings. The molecule has 2 unspecified atom stereocenters. The van der Waals surface area contributed by atoms with Crippen LogP contribution in [0.25, 0.3) is 0 Å². The molecule has 0 aromatic heterocycles. The summed E-state index contributed by atoms with van der Waals surface area (Å²) < 4.78 is 5.23. The standard InChI is InChI=1S/C12H18O3S/c1-8(7-13)16-11-6-4-5-10(15-3)12(11)9(2)14/h4-6,8-9,13-14H,7H2,1-3H3. The van der Waals surface area contributed by atoms with E-state index in [1.165, 1.54) is 11.8 Å². The number of ether oxygens (including phenoxy) is 1. The lowest BCUT2D eigenvalue weighted by Crippen LogP contribution is -2.05. The second kappa shape index (κ2) is 6.13. The summed E-state index contributed by atoms with van der Waals surface area (Å²) in [5, 5.41) is 18.9. The van der Waals surface area contributed by atoms with Gasteiger partial charge < -0.3 is 14.9 Å². The minimum Gasteiger partial charge on any atom is -0.496 e. The highest BCUT2D eigenvalue weighted by Crippen LogP contribution is 2.36. The molecule has 0 aliphatic heterocycles. The van der Waals surface area contributed by atoms with E-state index < -0.39 is 6.10 Å². The number of aliphatic hydroxyl groups is 2. The molecule has 2 N–H and O–H groups in total. The lowest BCUT2D eigenvalue weighted by molar-refractivity contribution is 0.191. The fraction of sp³-hybridized carbons (Fsp3) is 0.500. The second-order valence-corrected chi connectivity index (χ2v) is 5.14. The molecule has 0 spiro atoms. The third-order valence-corrected chi connectivity index (χ3v) is 3.41. The lowest BCUT2D eigenvalue weighted by atomic mass is 10.1. The van der Waals surface area contributed by atoms with Crippen molar-refractivity contribution in [2.24, 2.45) is 0 Å². The average molecular weight is 242 g/mol. The lowest BCUT2D eigenvalue weighted by Gasteiger charge is -2.17. The third-order valence-electron chi connectivity index (χ3n) is 2.25. The van der Waals surface area contributed by atoms with Crippen LogP contribution in [0.5, 0.6) is 5.75 Å². The normalized spacial score (nSPS) is 14.6. The molecule has 0 radical (unpaired) electrons. The largest absolute Gasteiger partial charge is 0.496 e. The summed E-state index contributed by atoms with van der Waals surface area (Å²) >= 11 is 1.54. The Morgan fingerprint density at radius 1 is 1.38 bits per heavy atom. The molecule has 16 heavy (non-hydrogen) atoms. The number of aliphatic hydroxyl groups excluding tert-OH is 2. The Balaban J connectivity index is 3.07. The molecule has 4 heteroatoms. The average Bonchev–Trinajstić information content (AvgIpc) is 2.28. The summed E-state index contributed by atoms with van der Waals surface area (Å²) in [6.07, 6.45) is -0.579. The molecule has 2 atom stereocenters. The molecule has 0 amide bonds. The number of rotatable bonds is 5. The van der Waals surface area contributed by atoms with Crippen molar-refractivity contribution in [2.75, 3.05) is 13.7 Å². The molecule has 0 aliphatic carbocycles. The first-order valence-electron chi connectivity index (χ1n) is 5.22. The van der Waals surface area contributed by atoms with Crippen molar-refractivity contribution in [3.63, 3.8) is 0 Å². The van der Waals surface area contributed by atoms with E-state index in [1.54, 1.807) is 14.0 Å². The van der Waals surface area contributed by atoms with Crippen LogP contribution in [0.4, 0.5) is 0 Å². The van der Waals surface area contributed by atoms with Gasteiger partial charge in [0.25, 0.3) is 0 Å². The molecular weight excluding hydrogens is 224 g/mol. The van der Waals surface area contributed by atoms with Crippen molar-refractivity contribution in [1.82, 2.24) is 0 Å². The number of hydrogen-bond acceptors (Lipinski definition) is 4. The Hall–Kier alpha value is -0.710. The van der Waals surface area contributed by atoms with E-state index >= 15 is 0 Å². The van der Waals surface area contributed by atoms with Crippen LogP contribution in [0.3, 0.4) is 0 Å². The molecule has 1 rings (SSSR count). The van der Waals surface area contributed by atoms with Crippen LogP contribution in [0.1, 0.15) is 25.5 Å². The van der Waals surface area contributed by atoms with Gasteiger partial charge in [0, 0.05) is 15.7 Å². The highest BCUT2D eigenvalue weighted by Gasteiger charge is 2.16. The predicted octanol–water partition coefficient (Wildman–Crippen LogP) is 2.22. The number of hydrogen-bond donors (Lipinski definition) is 2. The number of thioether (sulfide) groups is 1. The third kappa shape index (κ3) is 3.14. The predicted molar refractivity (Wildman–Crippen MR) is 66.0 cm³/mol. The Labute approximate surface area is 100 Å². The van der Waals surface area contributed by atoms with Crippen LogP contribution < -0.4 is 4.74 Å². The van der Waals surface area contributed by atoms with Crippen LogP contribution in [-0.2, 0) is 0 Å². The molecule has 0 bridgehead atoms. The van der Waals surface area contributed by atoms with Crippen LogP contribution in [-0.4, -0.2) is 29.2 Å². The summed E-state index contributed by atoms with van der Waals surface area (Å²) in [6, 6.07) is 5.65. The van der Waals surface area contributed by atoms with Crippen LogP contribution >= 0.6 is 11.8 Å². The molecular formula is C12H18O3S. The van der Waals surface area contributed by atoms with Crippen molar-refractivity contribution in [3.05, 3.63) is 23.8 Å². The molecule has 0 heterocycles. The van der Waals surface area contributed by atoms with Gasteiger partial charge in [0.2, 0.25) is 0 Å². The first-order chi connectivity index (χ1) is 7.60. The van der Waals surface area contributed by atoms with Crippen molar-refractivity contribution in [3.8, 4) is 5.75 Å². The Morgan fingerprint density at radius 2 is 2.06 bits per heavy atom. The van der Waals surface area contributed by atoms with Gasteiger partial charge in [-0.25, -0.2) is 0 Å². The molecule has 3 nitrogen and oxygen atoms in total. The van der Waals surface area contributed by atoms with E-state index in [1.807, 2.05) is 25.1 Å². The second-order valence-electron chi connectivity index (χ2n) is 3.66. The monoisotopic (exact) mass is 242 g/mol. The molecule has 0 saturated heterocycles. The van der Waals surface area contributed by atoms with Crippen molar-refractivity contribution in [2.45, 2.75) is 30.1 Å². The minimum absolute atomic E-state index is 0.101. The molecule has 0 saturated carbocycles. The zero-order valence-electron chi connectivity index (χ0n) is 9.80. The zero-order valence-corrected chi connectivity index (χ0v) is 10.6. The van der Waals surface area contributed by atoms with Gasteiger partial charge in [0.15, 0.2) is 0 Å². The van der Waals surface area contributed by atoms with Crippen molar-refractivity contribution >= 4 is 11.8 Å². The van der Waals surface area contributed by atoms with Crippen molar-refractivity contribution in [1.29, 1.82) is 0 Å².